The molecule has 5 fully saturated rings. The quantitative estimate of drug-likeness (QED) is 0.455. The first kappa shape index (κ1) is 26.1. The van der Waals surface area contributed by atoms with Gasteiger partial charge in [0.15, 0.2) is 0 Å². The van der Waals surface area contributed by atoms with Crippen molar-refractivity contribution in [3.63, 3.8) is 0 Å². The topological polar surface area (TPSA) is 98.0 Å². The molecule has 5 saturated carbocycles. The summed E-state index contributed by atoms with van der Waals surface area (Å²) in [5, 5.41) is 43.2. The van der Waals surface area contributed by atoms with Crippen LogP contribution in [0.5, 0.6) is 0 Å². The van der Waals surface area contributed by atoms with E-state index in [1.165, 1.54) is 6.42 Å². The Labute approximate surface area is 212 Å². The average molecular weight is 491 g/mol. The maximum atomic E-state index is 12.9. The summed E-state index contributed by atoms with van der Waals surface area (Å²) in [5.74, 6) is 1.59. The van der Waals surface area contributed by atoms with Crippen molar-refractivity contribution in [1.29, 1.82) is 0 Å². The molecule has 0 aromatic heterocycles. The number of Topliss-reactive ketones (excluding diaryl/α,β-unsaturated/α-hetero) is 1. The van der Waals surface area contributed by atoms with Crippen molar-refractivity contribution in [2.45, 2.75) is 130 Å². The molecule has 5 rings (SSSR count). The molecule has 0 aromatic carbocycles. The van der Waals surface area contributed by atoms with Gasteiger partial charge in [-0.05, 0) is 111 Å². The minimum Gasteiger partial charge on any atom is -0.393 e. The Balaban J connectivity index is 1.42. The van der Waals surface area contributed by atoms with Gasteiger partial charge in [0.25, 0.3) is 0 Å². The van der Waals surface area contributed by atoms with E-state index in [9.17, 15) is 25.2 Å². The molecule has 5 aliphatic rings. The SMILES string of the molecule is C[C@H](C[C@@H](O)[C@@H](O)C(C)(C)O)[C@H]1CC[C@@]2(C)[C@@H]3[C@@H](O)C[C@H]4C(C)(C)C(=O)CC[C@@]45C[C@@]35CC[C@]12C. The molecule has 5 heteroatoms. The number of fused-ring (bicyclic) bond motifs is 2. The summed E-state index contributed by atoms with van der Waals surface area (Å²) in [6.45, 7) is 14.4. The normalized spacial score (nSPS) is 50.9. The van der Waals surface area contributed by atoms with Crippen LogP contribution >= 0.6 is 0 Å². The van der Waals surface area contributed by atoms with E-state index in [1.807, 2.05) is 0 Å². The number of aliphatic hydroxyl groups is 4. The van der Waals surface area contributed by atoms with Crippen molar-refractivity contribution in [1.82, 2.24) is 0 Å². The van der Waals surface area contributed by atoms with E-state index < -0.39 is 17.8 Å². The van der Waals surface area contributed by atoms with Crippen molar-refractivity contribution in [3.8, 4) is 0 Å². The minimum atomic E-state index is -1.33. The fraction of sp³-hybridized carbons (Fsp3) is 0.967. The van der Waals surface area contributed by atoms with E-state index >= 15 is 0 Å². The van der Waals surface area contributed by atoms with Gasteiger partial charge in [-0.25, -0.2) is 0 Å². The van der Waals surface area contributed by atoms with E-state index in [0.717, 1.165) is 38.5 Å². The summed E-state index contributed by atoms with van der Waals surface area (Å²) < 4.78 is 0. The van der Waals surface area contributed by atoms with Crippen molar-refractivity contribution in [2.75, 3.05) is 0 Å². The van der Waals surface area contributed by atoms with Crippen LogP contribution < -0.4 is 0 Å². The Bertz CT molecular complexity index is 892. The fourth-order valence-corrected chi connectivity index (χ4v) is 11.3. The lowest BCUT2D eigenvalue weighted by Crippen LogP contribution is -2.61. The van der Waals surface area contributed by atoms with E-state index in [2.05, 4.69) is 34.6 Å². The largest absolute Gasteiger partial charge is 0.393 e. The fourth-order valence-electron chi connectivity index (χ4n) is 11.3. The molecule has 0 aliphatic heterocycles. The third kappa shape index (κ3) is 3.17. The zero-order valence-electron chi connectivity index (χ0n) is 23.1. The van der Waals surface area contributed by atoms with Crippen molar-refractivity contribution < 1.29 is 25.2 Å². The molecular weight excluding hydrogens is 440 g/mol. The van der Waals surface area contributed by atoms with E-state index in [1.54, 1.807) is 13.8 Å². The predicted octanol–water partition coefficient (Wildman–Crippen LogP) is 4.48. The Morgan fingerprint density at radius 2 is 1.66 bits per heavy atom. The van der Waals surface area contributed by atoms with E-state index in [4.69, 9.17) is 0 Å². The van der Waals surface area contributed by atoms with Gasteiger partial charge in [0, 0.05) is 11.8 Å². The zero-order valence-corrected chi connectivity index (χ0v) is 23.1. The second-order valence-corrected chi connectivity index (χ2v) is 15.3. The molecule has 0 heterocycles. The zero-order chi connectivity index (χ0) is 26.0. The maximum absolute atomic E-state index is 12.9. The summed E-state index contributed by atoms with van der Waals surface area (Å²) in [7, 11) is 0. The van der Waals surface area contributed by atoms with Gasteiger partial charge in [-0.2, -0.15) is 0 Å². The molecule has 0 unspecified atom stereocenters. The standard InChI is InChI=1S/C30H50O5/c1-17(14-20(32)24(34)26(4,5)35)18-8-10-28(7)23-19(31)15-21-25(2,3)22(33)9-11-29(21)16-30(23,29)13-12-27(18,28)6/h17-21,23-24,31-32,34-35H,8-16H2,1-7H3/t17-,18-,19+,20-,21+,23+,24-,27-,28+,29-,30+/m1/s1. The van der Waals surface area contributed by atoms with Crippen LogP contribution in [-0.4, -0.2) is 50.1 Å². The van der Waals surface area contributed by atoms with Crippen LogP contribution in [0.2, 0.25) is 0 Å². The Morgan fingerprint density at radius 1 is 1.00 bits per heavy atom. The molecule has 4 N–H and O–H groups in total. The number of rotatable bonds is 5. The van der Waals surface area contributed by atoms with Gasteiger partial charge in [-0.1, -0.05) is 34.6 Å². The second-order valence-electron chi connectivity index (χ2n) is 15.3. The summed E-state index contributed by atoms with van der Waals surface area (Å²) >= 11 is 0. The van der Waals surface area contributed by atoms with Crippen LogP contribution in [-0.2, 0) is 4.79 Å². The molecule has 0 aromatic rings. The lowest BCUT2D eigenvalue weighted by molar-refractivity contribution is -0.190. The molecule has 0 radical (unpaired) electrons. The van der Waals surface area contributed by atoms with Crippen molar-refractivity contribution >= 4 is 5.78 Å². The van der Waals surface area contributed by atoms with Crippen LogP contribution in [0.15, 0.2) is 0 Å². The number of hydrogen-bond donors (Lipinski definition) is 4. The van der Waals surface area contributed by atoms with Gasteiger partial charge in [0.2, 0.25) is 0 Å². The van der Waals surface area contributed by atoms with Gasteiger partial charge >= 0.3 is 0 Å². The van der Waals surface area contributed by atoms with Crippen molar-refractivity contribution in [3.05, 3.63) is 0 Å². The summed E-state index contributed by atoms with van der Waals surface area (Å²) in [5.41, 5.74) is -1.16. The van der Waals surface area contributed by atoms with Crippen LogP contribution in [0.3, 0.4) is 0 Å². The van der Waals surface area contributed by atoms with E-state index in [-0.39, 0.29) is 45.0 Å². The molecule has 200 valence electrons. The summed E-state index contributed by atoms with van der Waals surface area (Å²) in [6.07, 6.45) is 6.09. The second kappa shape index (κ2) is 7.55. The highest BCUT2D eigenvalue weighted by Gasteiger charge is 2.83. The Morgan fingerprint density at radius 3 is 2.29 bits per heavy atom. The van der Waals surface area contributed by atoms with E-state index in [0.29, 0.717) is 30.5 Å². The molecule has 0 saturated heterocycles. The van der Waals surface area contributed by atoms with Gasteiger partial charge in [-0.15, -0.1) is 0 Å². The molecular formula is C30H50O5. The number of hydrogen-bond acceptors (Lipinski definition) is 5. The highest BCUT2D eigenvalue weighted by molar-refractivity contribution is 5.86. The first-order valence-electron chi connectivity index (χ1n) is 14.3. The van der Waals surface area contributed by atoms with Crippen LogP contribution in [0, 0.1) is 50.7 Å². The molecule has 35 heavy (non-hydrogen) atoms. The molecule has 0 bridgehead atoms. The molecule has 2 spiro atoms. The first-order chi connectivity index (χ1) is 16.0. The lowest BCUT2D eigenvalue weighted by atomic mass is 9.41. The van der Waals surface area contributed by atoms with Gasteiger partial charge in [-0.3, -0.25) is 4.79 Å². The summed E-state index contributed by atoms with van der Waals surface area (Å²) in [4.78, 5) is 12.9. The molecule has 0 amide bonds. The maximum Gasteiger partial charge on any atom is 0.138 e. The predicted molar refractivity (Wildman–Crippen MR) is 135 cm³/mol. The molecule has 5 aliphatic carbocycles. The Kier molecular flexibility index (Phi) is 5.63. The number of carbonyl (C=O) groups is 1. The lowest BCUT2D eigenvalue weighted by Gasteiger charge is -2.64. The van der Waals surface area contributed by atoms with Crippen LogP contribution in [0.4, 0.5) is 0 Å². The smallest absolute Gasteiger partial charge is 0.138 e. The van der Waals surface area contributed by atoms with Crippen molar-refractivity contribution in [2.24, 2.45) is 50.7 Å². The minimum absolute atomic E-state index is 0.0312. The Hall–Kier alpha value is -0.490. The monoisotopic (exact) mass is 490 g/mol. The highest BCUT2D eigenvalue weighted by atomic mass is 16.4. The third-order valence-electron chi connectivity index (χ3n) is 13.3. The number of carbonyl (C=O) groups excluding carboxylic acids is 1. The number of aliphatic hydroxyl groups excluding tert-OH is 3. The summed E-state index contributed by atoms with van der Waals surface area (Å²) in [6, 6.07) is 0. The highest BCUT2D eigenvalue weighted by Crippen LogP contribution is 2.88. The number of ketones is 1. The van der Waals surface area contributed by atoms with Gasteiger partial charge in [0.1, 0.15) is 11.9 Å². The first-order valence-corrected chi connectivity index (χ1v) is 14.3. The third-order valence-corrected chi connectivity index (χ3v) is 13.3. The molecule has 5 nitrogen and oxygen atoms in total. The van der Waals surface area contributed by atoms with Gasteiger partial charge < -0.3 is 20.4 Å². The van der Waals surface area contributed by atoms with Crippen LogP contribution in [0.1, 0.15) is 106 Å². The average Bonchev–Trinajstić information content (AvgIpc) is 3.31. The van der Waals surface area contributed by atoms with Gasteiger partial charge in [0.05, 0.1) is 17.8 Å². The molecule has 11 atom stereocenters. The van der Waals surface area contributed by atoms with Crippen LogP contribution in [0.25, 0.3) is 0 Å².